The van der Waals surface area contributed by atoms with Crippen molar-refractivity contribution in [3.05, 3.63) is 40.9 Å². The minimum atomic E-state index is -4.50. The predicted molar refractivity (Wildman–Crippen MR) is 84.7 cm³/mol. The van der Waals surface area contributed by atoms with Crippen LogP contribution in [0.25, 0.3) is 0 Å². The molecule has 1 aromatic rings. The number of halogens is 4. The average Bonchev–Trinajstić information content (AvgIpc) is 2.36. The number of hydrogen-bond donors (Lipinski definition) is 1. The third-order valence-electron chi connectivity index (χ3n) is 2.65. The zero-order valence-corrected chi connectivity index (χ0v) is 13.3. The van der Waals surface area contributed by atoms with Gasteiger partial charge in [-0.1, -0.05) is 23.8 Å². The van der Waals surface area contributed by atoms with Crippen molar-refractivity contribution in [1.82, 2.24) is 4.90 Å². The highest BCUT2D eigenvalue weighted by molar-refractivity contribution is 7.80. The smallest absolute Gasteiger partial charge is 0.345 e. The molecule has 0 saturated carbocycles. The molecule has 0 atom stereocenters. The number of likely N-dealkylation sites (N-methyl/N-ethyl adjacent to an activating group) is 1. The van der Waals surface area contributed by atoms with Gasteiger partial charge in [0.1, 0.15) is 0 Å². The summed E-state index contributed by atoms with van der Waals surface area (Å²) in [6.07, 6.45) is -4.50. The van der Waals surface area contributed by atoms with Crippen molar-refractivity contribution >= 4 is 34.6 Å². The van der Waals surface area contributed by atoms with E-state index >= 15 is 0 Å². The lowest BCUT2D eigenvalue weighted by Crippen LogP contribution is -2.35. The van der Waals surface area contributed by atoms with E-state index in [0.29, 0.717) is 18.2 Å². The molecule has 0 fully saturated rings. The molecular formula is C14H16ClF3N2S. The average molecular weight is 337 g/mol. The number of alkyl halides is 3. The van der Waals surface area contributed by atoms with Gasteiger partial charge in [-0.25, -0.2) is 0 Å². The molecule has 116 valence electrons. The molecule has 2 nitrogen and oxygen atoms in total. The normalized spacial score (nSPS) is 11.1. The molecule has 1 rings (SSSR count). The van der Waals surface area contributed by atoms with Gasteiger partial charge in [0.25, 0.3) is 0 Å². The van der Waals surface area contributed by atoms with Crippen molar-refractivity contribution in [2.24, 2.45) is 0 Å². The van der Waals surface area contributed by atoms with Crippen LogP contribution in [0.5, 0.6) is 0 Å². The van der Waals surface area contributed by atoms with E-state index in [1.807, 2.05) is 13.8 Å². The highest BCUT2D eigenvalue weighted by atomic mass is 35.5. The number of hydrogen-bond acceptors (Lipinski definition) is 1. The number of anilines is 1. The Morgan fingerprint density at radius 2 is 2.05 bits per heavy atom. The lowest BCUT2D eigenvalue weighted by molar-refractivity contribution is -0.137. The van der Waals surface area contributed by atoms with E-state index in [0.717, 1.165) is 11.6 Å². The van der Waals surface area contributed by atoms with E-state index in [-0.39, 0.29) is 10.7 Å². The van der Waals surface area contributed by atoms with E-state index < -0.39 is 11.7 Å². The quantitative estimate of drug-likeness (QED) is 0.618. The molecule has 0 aromatic heterocycles. The Labute approximate surface area is 132 Å². The van der Waals surface area contributed by atoms with E-state index in [2.05, 4.69) is 11.9 Å². The molecule has 0 unspecified atom stereocenters. The van der Waals surface area contributed by atoms with Crippen molar-refractivity contribution in [3.8, 4) is 0 Å². The molecule has 0 saturated heterocycles. The number of benzene rings is 1. The van der Waals surface area contributed by atoms with E-state index in [1.165, 1.54) is 12.1 Å². The maximum Gasteiger partial charge on any atom is 0.417 e. The summed E-state index contributed by atoms with van der Waals surface area (Å²) in [6.45, 7) is 8.72. The maximum atomic E-state index is 12.8. The fourth-order valence-corrected chi connectivity index (χ4v) is 2.21. The first kappa shape index (κ1) is 17.8. The molecule has 0 aliphatic heterocycles. The third kappa shape index (κ3) is 5.21. The maximum absolute atomic E-state index is 12.8. The van der Waals surface area contributed by atoms with Crippen LogP contribution in [0.2, 0.25) is 5.02 Å². The van der Waals surface area contributed by atoms with Crippen molar-refractivity contribution in [1.29, 1.82) is 0 Å². The van der Waals surface area contributed by atoms with Gasteiger partial charge < -0.3 is 10.2 Å². The SMILES string of the molecule is C=C(C)CN(CC)C(=S)Nc1ccc(Cl)c(C(F)(F)F)c1. The Morgan fingerprint density at radius 1 is 1.43 bits per heavy atom. The Morgan fingerprint density at radius 3 is 2.52 bits per heavy atom. The summed E-state index contributed by atoms with van der Waals surface area (Å²) < 4.78 is 38.4. The van der Waals surface area contributed by atoms with Crippen LogP contribution in [0.1, 0.15) is 19.4 Å². The minimum absolute atomic E-state index is 0.247. The van der Waals surface area contributed by atoms with Gasteiger partial charge in [-0.05, 0) is 44.3 Å². The van der Waals surface area contributed by atoms with Gasteiger partial charge in [0.15, 0.2) is 5.11 Å². The van der Waals surface area contributed by atoms with Gasteiger partial charge >= 0.3 is 6.18 Å². The van der Waals surface area contributed by atoms with Gasteiger partial charge in [0, 0.05) is 18.8 Å². The van der Waals surface area contributed by atoms with E-state index in [4.69, 9.17) is 23.8 Å². The van der Waals surface area contributed by atoms with Crippen LogP contribution in [-0.4, -0.2) is 23.1 Å². The Bertz CT molecular complexity index is 544. The summed E-state index contributed by atoms with van der Waals surface area (Å²) in [7, 11) is 0. The fraction of sp³-hybridized carbons (Fsp3) is 0.357. The number of nitrogens with zero attached hydrogens (tertiary/aromatic N) is 1. The number of thiocarbonyl (C=S) groups is 1. The van der Waals surface area contributed by atoms with Gasteiger partial charge in [-0.15, -0.1) is 0 Å². The Balaban J connectivity index is 2.93. The summed E-state index contributed by atoms with van der Waals surface area (Å²) in [6, 6.07) is 3.60. The first-order valence-corrected chi connectivity index (χ1v) is 7.00. The summed E-state index contributed by atoms with van der Waals surface area (Å²) in [4.78, 5) is 1.81. The highest BCUT2D eigenvalue weighted by Crippen LogP contribution is 2.36. The molecule has 0 aliphatic rings. The molecular weight excluding hydrogens is 321 g/mol. The molecule has 0 spiro atoms. The van der Waals surface area contributed by atoms with Crippen LogP contribution >= 0.6 is 23.8 Å². The Hall–Kier alpha value is -1.27. The third-order valence-corrected chi connectivity index (χ3v) is 3.34. The Kier molecular flexibility index (Phi) is 6.04. The minimum Gasteiger partial charge on any atom is -0.345 e. The van der Waals surface area contributed by atoms with Crippen molar-refractivity contribution in [3.63, 3.8) is 0 Å². The second-order valence-electron chi connectivity index (χ2n) is 4.59. The molecule has 0 aliphatic carbocycles. The monoisotopic (exact) mass is 336 g/mol. The van der Waals surface area contributed by atoms with E-state index in [1.54, 1.807) is 4.90 Å². The molecule has 1 N–H and O–H groups in total. The van der Waals surface area contributed by atoms with Crippen LogP contribution in [-0.2, 0) is 6.18 Å². The van der Waals surface area contributed by atoms with Crippen molar-refractivity contribution in [2.75, 3.05) is 18.4 Å². The zero-order valence-electron chi connectivity index (χ0n) is 11.7. The zero-order chi connectivity index (χ0) is 16.2. The molecule has 0 heterocycles. The van der Waals surface area contributed by atoms with Gasteiger partial charge in [-0.3, -0.25) is 0 Å². The van der Waals surface area contributed by atoms with Crippen LogP contribution in [0.4, 0.5) is 18.9 Å². The summed E-state index contributed by atoms with van der Waals surface area (Å²) in [5, 5.41) is 2.80. The largest absolute Gasteiger partial charge is 0.417 e. The van der Waals surface area contributed by atoms with Crippen molar-refractivity contribution in [2.45, 2.75) is 20.0 Å². The standard InChI is InChI=1S/C14H16ClF3N2S/c1-4-20(8-9(2)3)13(21)19-10-5-6-12(15)11(7-10)14(16,17)18/h5-7H,2,4,8H2,1,3H3,(H,19,21). The second-order valence-corrected chi connectivity index (χ2v) is 5.39. The molecule has 1 aromatic carbocycles. The van der Waals surface area contributed by atoms with Crippen LogP contribution in [0.3, 0.4) is 0 Å². The summed E-state index contributed by atoms with van der Waals surface area (Å²) in [5.74, 6) is 0. The van der Waals surface area contributed by atoms with Gasteiger partial charge in [-0.2, -0.15) is 13.2 Å². The van der Waals surface area contributed by atoms with Gasteiger partial charge in [0.2, 0.25) is 0 Å². The van der Waals surface area contributed by atoms with Crippen molar-refractivity contribution < 1.29 is 13.2 Å². The molecule has 21 heavy (non-hydrogen) atoms. The molecule has 7 heteroatoms. The number of rotatable bonds is 4. The first-order chi connectivity index (χ1) is 9.65. The topological polar surface area (TPSA) is 15.3 Å². The highest BCUT2D eigenvalue weighted by Gasteiger charge is 2.33. The fourth-order valence-electron chi connectivity index (χ4n) is 1.68. The van der Waals surface area contributed by atoms with Crippen LogP contribution < -0.4 is 5.32 Å². The first-order valence-electron chi connectivity index (χ1n) is 6.22. The van der Waals surface area contributed by atoms with E-state index in [9.17, 15) is 13.2 Å². The predicted octanol–water partition coefficient (Wildman–Crippen LogP) is 4.95. The molecule has 0 bridgehead atoms. The second kappa shape index (κ2) is 7.13. The lowest BCUT2D eigenvalue weighted by Gasteiger charge is -2.24. The molecule has 0 amide bonds. The number of nitrogens with one attached hydrogen (secondary N) is 1. The molecule has 0 radical (unpaired) electrons. The van der Waals surface area contributed by atoms with Crippen LogP contribution in [0, 0.1) is 0 Å². The summed E-state index contributed by atoms with van der Waals surface area (Å²) in [5.41, 5.74) is 0.268. The van der Waals surface area contributed by atoms with Gasteiger partial charge in [0.05, 0.1) is 10.6 Å². The lowest BCUT2D eigenvalue weighted by atomic mass is 10.2. The summed E-state index contributed by atoms with van der Waals surface area (Å²) >= 11 is 10.8. The van der Waals surface area contributed by atoms with Crippen LogP contribution in [0.15, 0.2) is 30.4 Å².